The van der Waals surface area contributed by atoms with Gasteiger partial charge < -0.3 is 10.1 Å². The summed E-state index contributed by atoms with van der Waals surface area (Å²) in [6.45, 7) is 4.88. The highest BCUT2D eigenvalue weighted by atomic mass is 16.5. The summed E-state index contributed by atoms with van der Waals surface area (Å²) in [6.07, 6.45) is 0. The number of benzene rings is 2. The maximum absolute atomic E-state index is 8.97. The molecule has 20 heavy (non-hydrogen) atoms. The molecule has 0 aliphatic rings. The largest absolute Gasteiger partial charge is 0.495 e. The summed E-state index contributed by atoms with van der Waals surface area (Å²) in [7, 11) is 1.58. The van der Waals surface area contributed by atoms with E-state index in [0.717, 1.165) is 11.3 Å². The molecule has 3 heteroatoms. The van der Waals surface area contributed by atoms with Crippen LogP contribution in [0.25, 0.3) is 0 Å². The topological polar surface area (TPSA) is 45.0 Å². The number of hydrogen-bond donors (Lipinski definition) is 1. The normalized spacial score (nSPS) is 9.90. The van der Waals surface area contributed by atoms with Gasteiger partial charge in [0.25, 0.3) is 0 Å². The van der Waals surface area contributed by atoms with E-state index < -0.39 is 0 Å². The van der Waals surface area contributed by atoms with E-state index in [1.807, 2.05) is 12.1 Å². The molecule has 2 rings (SSSR count). The fourth-order valence-corrected chi connectivity index (χ4v) is 2.15. The third-order valence-corrected chi connectivity index (χ3v) is 3.25. The van der Waals surface area contributed by atoms with Crippen LogP contribution in [0.3, 0.4) is 0 Å². The van der Waals surface area contributed by atoms with Crippen molar-refractivity contribution in [3.8, 4) is 11.8 Å². The summed E-state index contributed by atoms with van der Waals surface area (Å²) in [5.41, 5.74) is 5.25. The van der Waals surface area contributed by atoms with Gasteiger partial charge >= 0.3 is 0 Å². The van der Waals surface area contributed by atoms with Gasteiger partial charge in [-0.15, -0.1) is 0 Å². The van der Waals surface area contributed by atoms with E-state index in [4.69, 9.17) is 10.00 Å². The zero-order valence-electron chi connectivity index (χ0n) is 12.0. The number of ether oxygens (including phenoxy) is 1. The Morgan fingerprint density at radius 3 is 2.60 bits per heavy atom. The van der Waals surface area contributed by atoms with Crippen LogP contribution in [0, 0.1) is 25.2 Å². The molecule has 0 radical (unpaired) electrons. The number of anilines is 1. The van der Waals surface area contributed by atoms with Gasteiger partial charge in [0.2, 0.25) is 0 Å². The van der Waals surface area contributed by atoms with Crippen LogP contribution < -0.4 is 10.1 Å². The first-order valence-corrected chi connectivity index (χ1v) is 6.52. The third kappa shape index (κ3) is 3.10. The van der Waals surface area contributed by atoms with Gasteiger partial charge in [-0.25, -0.2) is 0 Å². The van der Waals surface area contributed by atoms with Gasteiger partial charge in [-0.1, -0.05) is 23.8 Å². The molecule has 1 N–H and O–H groups in total. The minimum atomic E-state index is 0.558. The summed E-state index contributed by atoms with van der Waals surface area (Å²) in [5.74, 6) is 0.618. The van der Waals surface area contributed by atoms with Gasteiger partial charge in [0.05, 0.1) is 12.7 Å². The van der Waals surface area contributed by atoms with Crippen molar-refractivity contribution in [2.24, 2.45) is 0 Å². The maximum atomic E-state index is 8.97. The smallest absolute Gasteiger partial charge is 0.136 e. The van der Waals surface area contributed by atoms with E-state index in [0.29, 0.717) is 17.9 Å². The number of aryl methyl sites for hydroxylation is 2. The number of nitrogens with zero attached hydrogens (tertiary/aromatic N) is 1. The Labute approximate surface area is 119 Å². The predicted molar refractivity (Wildman–Crippen MR) is 81.0 cm³/mol. The van der Waals surface area contributed by atoms with Gasteiger partial charge in [-0.05, 0) is 43.2 Å². The average Bonchev–Trinajstić information content (AvgIpc) is 2.46. The van der Waals surface area contributed by atoms with Crippen molar-refractivity contribution < 1.29 is 4.74 Å². The van der Waals surface area contributed by atoms with Crippen molar-refractivity contribution in [2.75, 3.05) is 12.4 Å². The van der Waals surface area contributed by atoms with Gasteiger partial charge in [0.1, 0.15) is 11.8 Å². The second-order valence-electron chi connectivity index (χ2n) is 4.82. The van der Waals surface area contributed by atoms with Gasteiger partial charge in [0, 0.05) is 12.2 Å². The van der Waals surface area contributed by atoms with Crippen LogP contribution in [-0.2, 0) is 6.54 Å². The molecule has 0 fully saturated rings. The molecule has 3 nitrogen and oxygen atoms in total. The van der Waals surface area contributed by atoms with Crippen LogP contribution in [0.15, 0.2) is 36.4 Å². The average molecular weight is 266 g/mol. The zero-order valence-corrected chi connectivity index (χ0v) is 12.0. The van der Waals surface area contributed by atoms with E-state index in [9.17, 15) is 0 Å². The summed E-state index contributed by atoms with van der Waals surface area (Å²) in [5, 5.41) is 12.4. The Hall–Kier alpha value is -2.47. The maximum Gasteiger partial charge on any atom is 0.136 e. The molecule has 0 amide bonds. The number of methoxy groups -OCH3 is 1. The highest BCUT2D eigenvalue weighted by molar-refractivity contribution is 5.53. The number of nitrogens with one attached hydrogen (secondary N) is 1. The second-order valence-corrected chi connectivity index (χ2v) is 4.82. The lowest BCUT2D eigenvalue weighted by atomic mass is 10.1. The summed E-state index contributed by atoms with van der Waals surface area (Å²) in [4.78, 5) is 0. The van der Waals surface area contributed by atoms with E-state index in [1.54, 1.807) is 13.2 Å². The lowest BCUT2D eigenvalue weighted by Gasteiger charge is -2.11. The molecule has 0 saturated carbocycles. The Morgan fingerprint density at radius 2 is 1.95 bits per heavy atom. The van der Waals surface area contributed by atoms with Crippen molar-refractivity contribution in [1.82, 2.24) is 0 Å². The van der Waals surface area contributed by atoms with Crippen molar-refractivity contribution in [3.05, 3.63) is 58.7 Å². The predicted octanol–water partition coefficient (Wildman–Crippen LogP) is 3.80. The molecule has 0 aliphatic carbocycles. The van der Waals surface area contributed by atoms with E-state index in [1.165, 1.54) is 11.1 Å². The van der Waals surface area contributed by atoms with E-state index in [2.05, 4.69) is 43.4 Å². The zero-order chi connectivity index (χ0) is 14.5. The molecule has 0 aromatic heterocycles. The van der Waals surface area contributed by atoms with E-state index in [-0.39, 0.29) is 0 Å². The Kier molecular flexibility index (Phi) is 4.27. The molecule has 0 atom stereocenters. The first-order chi connectivity index (χ1) is 9.63. The quantitative estimate of drug-likeness (QED) is 0.915. The lowest BCUT2D eigenvalue weighted by Crippen LogP contribution is -2.02. The molecule has 0 aliphatic heterocycles. The highest BCUT2D eigenvalue weighted by Gasteiger charge is 2.04. The van der Waals surface area contributed by atoms with Crippen LogP contribution in [-0.4, -0.2) is 7.11 Å². The van der Waals surface area contributed by atoms with Crippen LogP contribution in [0.1, 0.15) is 22.3 Å². The molecule has 0 unspecified atom stereocenters. The van der Waals surface area contributed by atoms with Crippen LogP contribution in [0.5, 0.6) is 5.75 Å². The van der Waals surface area contributed by atoms with E-state index >= 15 is 0 Å². The number of hydrogen-bond acceptors (Lipinski definition) is 3. The van der Waals surface area contributed by atoms with Crippen molar-refractivity contribution in [1.29, 1.82) is 5.26 Å². The van der Waals surface area contributed by atoms with Crippen molar-refractivity contribution in [2.45, 2.75) is 20.4 Å². The van der Waals surface area contributed by atoms with Crippen LogP contribution >= 0.6 is 0 Å². The summed E-state index contributed by atoms with van der Waals surface area (Å²) >= 11 is 0. The standard InChI is InChI=1S/C17H18N2O/c1-12-4-7-16(13(2)8-12)19-11-14-5-6-15(10-18)17(9-14)20-3/h4-9,19H,11H2,1-3H3. The highest BCUT2D eigenvalue weighted by Crippen LogP contribution is 2.21. The summed E-state index contributed by atoms with van der Waals surface area (Å²) < 4.78 is 5.22. The third-order valence-electron chi connectivity index (χ3n) is 3.25. The fraction of sp³-hybridized carbons (Fsp3) is 0.235. The molecule has 0 spiro atoms. The molecule has 0 bridgehead atoms. The first kappa shape index (κ1) is 14.0. The second kappa shape index (κ2) is 6.12. The van der Waals surface area contributed by atoms with Crippen molar-refractivity contribution >= 4 is 5.69 Å². The monoisotopic (exact) mass is 266 g/mol. The molecule has 0 heterocycles. The molecule has 0 saturated heterocycles. The molecule has 2 aromatic rings. The van der Waals surface area contributed by atoms with Gasteiger partial charge in [0.15, 0.2) is 0 Å². The number of rotatable bonds is 4. The Bertz CT molecular complexity index is 657. The van der Waals surface area contributed by atoms with Crippen LogP contribution in [0.2, 0.25) is 0 Å². The first-order valence-electron chi connectivity index (χ1n) is 6.52. The van der Waals surface area contributed by atoms with Crippen LogP contribution in [0.4, 0.5) is 5.69 Å². The lowest BCUT2D eigenvalue weighted by molar-refractivity contribution is 0.413. The van der Waals surface area contributed by atoms with Gasteiger partial charge in [-0.2, -0.15) is 5.26 Å². The van der Waals surface area contributed by atoms with Gasteiger partial charge in [-0.3, -0.25) is 0 Å². The molecular formula is C17H18N2O. The minimum Gasteiger partial charge on any atom is -0.495 e. The SMILES string of the molecule is COc1cc(CNc2ccc(C)cc2C)ccc1C#N. The molecular weight excluding hydrogens is 248 g/mol. The Balaban J connectivity index is 2.13. The minimum absolute atomic E-state index is 0.558. The fourth-order valence-electron chi connectivity index (χ4n) is 2.15. The van der Waals surface area contributed by atoms with Crippen molar-refractivity contribution in [3.63, 3.8) is 0 Å². The number of nitriles is 1. The summed E-state index contributed by atoms with van der Waals surface area (Å²) in [6, 6.07) is 14.1. The molecule has 2 aromatic carbocycles. The molecule has 102 valence electrons. The Morgan fingerprint density at radius 1 is 1.15 bits per heavy atom.